The smallest absolute Gasteiger partial charge is 0.358 e. The first kappa shape index (κ1) is 10.8. The molecule has 92 valence electrons. The molecule has 0 bridgehead atoms. The van der Waals surface area contributed by atoms with Gasteiger partial charge in [-0.05, 0) is 25.2 Å². The predicted molar refractivity (Wildman–Crippen MR) is 59.7 cm³/mol. The van der Waals surface area contributed by atoms with Crippen LogP contribution in [0.5, 0.6) is 0 Å². The van der Waals surface area contributed by atoms with Gasteiger partial charge in [0.25, 0.3) is 0 Å². The maximum atomic E-state index is 11.0. The van der Waals surface area contributed by atoms with E-state index in [1.807, 2.05) is 0 Å². The number of carboxylic acid groups (broad SMARTS) is 1. The molecule has 5 heteroatoms. The molecule has 1 saturated heterocycles. The average molecular weight is 236 g/mol. The van der Waals surface area contributed by atoms with E-state index >= 15 is 0 Å². The second-order valence-electron chi connectivity index (χ2n) is 4.98. The highest BCUT2D eigenvalue weighted by Gasteiger charge is 2.38. The topological polar surface area (TPSA) is 75.4 Å². The summed E-state index contributed by atoms with van der Waals surface area (Å²) in [5, 5.41) is 12.5. The molecule has 0 unspecified atom stereocenters. The summed E-state index contributed by atoms with van der Waals surface area (Å²) in [5.74, 6) is 0.151. The number of oxazole rings is 1. The second kappa shape index (κ2) is 4.14. The SMILES string of the molecule is O=C(O)c1ncoc1[C@@H]1C[C@@H]2CCCC[C@@H]2N1. The van der Waals surface area contributed by atoms with Gasteiger partial charge in [0.15, 0.2) is 17.8 Å². The number of nitrogens with one attached hydrogen (secondary N) is 1. The molecule has 0 radical (unpaired) electrons. The quantitative estimate of drug-likeness (QED) is 0.821. The van der Waals surface area contributed by atoms with E-state index in [-0.39, 0.29) is 11.7 Å². The lowest BCUT2D eigenvalue weighted by Gasteiger charge is -2.24. The molecule has 0 spiro atoms. The van der Waals surface area contributed by atoms with Gasteiger partial charge in [0.2, 0.25) is 0 Å². The van der Waals surface area contributed by atoms with Crippen molar-refractivity contribution in [2.75, 3.05) is 0 Å². The van der Waals surface area contributed by atoms with Crippen molar-refractivity contribution in [3.05, 3.63) is 17.8 Å². The zero-order valence-corrected chi connectivity index (χ0v) is 9.56. The highest BCUT2D eigenvalue weighted by Crippen LogP contribution is 2.39. The number of aromatic nitrogens is 1. The summed E-state index contributed by atoms with van der Waals surface area (Å²) in [6.45, 7) is 0. The molecular weight excluding hydrogens is 220 g/mol. The largest absolute Gasteiger partial charge is 0.476 e. The average Bonchev–Trinajstić information content (AvgIpc) is 2.95. The second-order valence-corrected chi connectivity index (χ2v) is 4.98. The summed E-state index contributed by atoms with van der Waals surface area (Å²) in [5.41, 5.74) is 0.0566. The molecule has 1 aliphatic heterocycles. The Morgan fingerprint density at radius 2 is 2.29 bits per heavy atom. The van der Waals surface area contributed by atoms with Crippen molar-refractivity contribution in [1.29, 1.82) is 0 Å². The molecule has 1 aliphatic carbocycles. The molecule has 2 fully saturated rings. The van der Waals surface area contributed by atoms with Crippen LogP contribution in [0.4, 0.5) is 0 Å². The first-order chi connectivity index (χ1) is 8.25. The number of carbonyl (C=O) groups is 1. The third kappa shape index (κ3) is 1.84. The molecule has 1 saturated carbocycles. The predicted octanol–water partition coefficient (Wildman–Crippen LogP) is 1.97. The summed E-state index contributed by atoms with van der Waals surface area (Å²) in [6.07, 6.45) is 7.19. The number of nitrogens with zero attached hydrogens (tertiary/aromatic N) is 1. The molecule has 1 aromatic rings. The van der Waals surface area contributed by atoms with Crippen LogP contribution < -0.4 is 5.32 Å². The Kier molecular flexibility index (Phi) is 2.63. The molecule has 0 amide bonds. The van der Waals surface area contributed by atoms with E-state index in [9.17, 15) is 4.79 Å². The van der Waals surface area contributed by atoms with Gasteiger partial charge in [0, 0.05) is 6.04 Å². The summed E-state index contributed by atoms with van der Waals surface area (Å²) in [4.78, 5) is 14.8. The van der Waals surface area contributed by atoms with Gasteiger partial charge in [0.1, 0.15) is 0 Å². The van der Waals surface area contributed by atoms with E-state index in [4.69, 9.17) is 9.52 Å². The van der Waals surface area contributed by atoms with Crippen molar-refractivity contribution in [3.63, 3.8) is 0 Å². The lowest BCUT2D eigenvalue weighted by molar-refractivity contribution is 0.0687. The van der Waals surface area contributed by atoms with Gasteiger partial charge in [-0.1, -0.05) is 12.8 Å². The van der Waals surface area contributed by atoms with Gasteiger partial charge >= 0.3 is 5.97 Å². The van der Waals surface area contributed by atoms with Gasteiger partial charge in [-0.2, -0.15) is 0 Å². The number of hydrogen-bond acceptors (Lipinski definition) is 4. The van der Waals surface area contributed by atoms with Crippen LogP contribution in [0, 0.1) is 5.92 Å². The molecule has 5 nitrogen and oxygen atoms in total. The number of aromatic carboxylic acids is 1. The lowest BCUT2D eigenvalue weighted by atomic mass is 9.85. The zero-order chi connectivity index (χ0) is 11.8. The van der Waals surface area contributed by atoms with Crippen molar-refractivity contribution in [1.82, 2.24) is 10.3 Å². The molecule has 2 aliphatic rings. The normalized spacial score (nSPS) is 32.4. The molecular formula is C12H16N2O3. The zero-order valence-electron chi connectivity index (χ0n) is 9.56. The van der Waals surface area contributed by atoms with Crippen LogP contribution in [0.25, 0.3) is 0 Å². The molecule has 3 rings (SSSR count). The van der Waals surface area contributed by atoms with Crippen molar-refractivity contribution in [3.8, 4) is 0 Å². The van der Waals surface area contributed by atoms with Gasteiger partial charge in [-0.15, -0.1) is 0 Å². The Morgan fingerprint density at radius 1 is 1.47 bits per heavy atom. The Labute approximate surface area is 99.2 Å². The van der Waals surface area contributed by atoms with Gasteiger partial charge < -0.3 is 14.8 Å². The summed E-state index contributed by atoms with van der Waals surface area (Å²) in [6, 6.07) is 0.553. The van der Waals surface area contributed by atoms with Crippen LogP contribution in [-0.2, 0) is 0 Å². The van der Waals surface area contributed by atoms with Gasteiger partial charge in [0.05, 0.1) is 6.04 Å². The Morgan fingerprint density at radius 3 is 3.06 bits per heavy atom. The van der Waals surface area contributed by atoms with E-state index in [1.54, 1.807) is 0 Å². The third-order valence-electron chi connectivity index (χ3n) is 3.98. The standard InChI is InChI=1S/C12H16N2O3/c15-12(16)10-11(17-6-13-10)9-5-7-3-1-2-4-8(7)14-9/h6-9,14H,1-5H2,(H,15,16)/t7-,8-,9-/m0/s1. The first-order valence-electron chi connectivity index (χ1n) is 6.18. The van der Waals surface area contributed by atoms with E-state index in [2.05, 4.69) is 10.3 Å². The van der Waals surface area contributed by atoms with Crippen molar-refractivity contribution >= 4 is 5.97 Å². The van der Waals surface area contributed by atoms with Crippen molar-refractivity contribution in [2.45, 2.75) is 44.2 Å². The Balaban J connectivity index is 1.81. The van der Waals surface area contributed by atoms with Crippen LogP contribution in [0.2, 0.25) is 0 Å². The van der Waals surface area contributed by atoms with Crippen LogP contribution in [-0.4, -0.2) is 22.1 Å². The molecule has 0 aromatic carbocycles. The van der Waals surface area contributed by atoms with Crippen LogP contribution in [0.1, 0.15) is 54.4 Å². The summed E-state index contributed by atoms with van der Waals surface area (Å²) >= 11 is 0. The monoisotopic (exact) mass is 236 g/mol. The minimum absolute atomic E-state index is 0.0247. The molecule has 2 N–H and O–H groups in total. The van der Waals surface area contributed by atoms with Crippen LogP contribution in [0.15, 0.2) is 10.8 Å². The first-order valence-corrected chi connectivity index (χ1v) is 6.18. The van der Waals surface area contributed by atoms with Crippen LogP contribution in [0.3, 0.4) is 0 Å². The number of rotatable bonds is 2. The highest BCUT2D eigenvalue weighted by molar-refractivity contribution is 5.86. The fourth-order valence-electron chi connectivity index (χ4n) is 3.18. The lowest BCUT2D eigenvalue weighted by Crippen LogP contribution is -2.30. The van der Waals surface area contributed by atoms with Gasteiger partial charge in [-0.25, -0.2) is 9.78 Å². The third-order valence-corrected chi connectivity index (χ3v) is 3.98. The minimum Gasteiger partial charge on any atom is -0.476 e. The number of fused-ring (bicyclic) bond motifs is 1. The van der Waals surface area contributed by atoms with E-state index < -0.39 is 5.97 Å². The number of hydrogen-bond donors (Lipinski definition) is 2. The Hall–Kier alpha value is -1.36. The fraction of sp³-hybridized carbons (Fsp3) is 0.667. The summed E-state index contributed by atoms with van der Waals surface area (Å²) < 4.78 is 5.26. The molecule has 3 atom stereocenters. The summed E-state index contributed by atoms with van der Waals surface area (Å²) in [7, 11) is 0. The van der Waals surface area contributed by atoms with E-state index in [0.717, 1.165) is 6.42 Å². The number of carboxylic acids is 1. The van der Waals surface area contributed by atoms with Crippen molar-refractivity contribution < 1.29 is 14.3 Å². The van der Waals surface area contributed by atoms with Crippen LogP contribution >= 0.6 is 0 Å². The molecule has 2 heterocycles. The highest BCUT2D eigenvalue weighted by atomic mass is 16.4. The molecule has 1 aromatic heterocycles. The van der Waals surface area contributed by atoms with Gasteiger partial charge in [-0.3, -0.25) is 0 Å². The maximum absolute atomic E-state index is 11.0. The fourth-order valence-corrected chi connectivity index (χ4v) is 3.18. The van der Waals surface area contributed by atoms with E-state index in [0.29, 0.717) is 17.7 Å². The van der Waals surface area contributed by atoms with Crippen molar-refractivity contribution in [2.24, 2.45) is 5.92 Å². The molecule has 17 heavy (non-hydrogen) atoms. The maximum Gasteiger partial charge on any atom is 0.358 e. The van der Waals surface area contributed by atoms with E-state index in [1.165, 1.54) is 32.1 Å². The minimum atomic E-state index is -1.01. The Bertz CT molecular complexity index is 415.